The van der Waals surface area contributed by atoms with E-state index in [4.69, 9.17) is 4.74 Å². The van der Waals surface area contributed by atoms with Gasteiger partial charge in [0.15, 0.2) is 0 Å². The van der Waals surface area contributed by atoms with E-state index in [1.807, 2.05) is 18.7 Å². The minimum absolute atomic E-state index is 0.141. The van der Waals surface area contributed by atoms with Crippen LogP contribution in [0.25, 0.3) is 0 Å². The number of carbonyl (C=O) groups is 1. The largest absolute Gasteiger partial charge is 0.368 e. The van der Waals surface area contributed by atoms with Gasteiger partial charge in [-0.1, -0.05) is 0 Å². The van der Waals surface area contributed by atoms with E-state index in [9.17, 15) is 4.79 Å². The van der Waals surface area contributed by atoms with Gasteiger partial charge in [-0.2, -0.15) is 5.10 Å². The molecule has 0 aromatic carbocycles. The maximum absolute atomic E-state index is 12.5. The minimum Gasteiger partial charge on any atom is -0.368 e. The van der Waals surface area contributed by atoms with Crippen molar-refractivity contribution in [2.75, 3.05) is 19.7 Å². The third kappa shape index (κ3) is 3.56. The zero-order chi connectivity index (χ0) is 16.2. The van der Waals surface area contributed by atoms with E-state index in [-0.39, 0.29) is 12.0 Å². The van der Waals surface area contributed by atoms with Crippen LogP contribution in [-0.2, 0) is 16.0 Å². The van der Waals surface area contributed by atoms with Crippen LogP contribution in [-0.4, -0.2) is 50.7 Å². The van der Waals surface area contributed by atoms with Gasteiger partial charge in [-0.3, -0.25) is 19.9 Å². The number of rotatable bonds is 4. The van der Waals surface area contributed by atoms with Crippen LogP contribution in [0.4, 0.5) is 0 Å². The van der Waals surface area contributed by atoms with E-state index >= 15 is 0 Å². The topological polar surface area (TPSA) is 84.0 Å². The summed E-state index contributed by atoms with van der Waals surface area (Å²) in [5.41, 5.74) is 3.91. The normalized spacial score (nSPS) is 18.2. The molecule has 0 spiro atoms. The van der Waals surface area contributed by atoms with Crippen LogP contribution in [0.5, 0.6) is 0 Å². The number of ether oxygens (including phenoxy) is 1. The van der Waals surface area contributed by atoms with Gasteiger partial charge in [0.25, 0.3) is 0 Å². The van der Waals surface area contributed by atoms with Crippen molar-refractivity contribution in [1.29, 1.82) is 0 Å². The van der Waals surface area contributed by atoms with Crippen LogP contribution in [0.3, 0.4) is 0 Å². The molecule has 1 unspecified atom stereocenters. The summed E-state index contributed by atoms with van der Waals surface area (Å²) in [6, 6.07) is 0. The van der Waals surface area contributed by atoms with E-state index in [2.05, 4.69) is 20.2 Å². The van der Waals surface area contributed by atoms with Gasteiger partial charge in [-0.15, -0.1) is 0 Å². The lowest BCUT2D eigenvalue weighted by atomic mass is 10.1. The van der Waals surface area contributed by atoms with Crippen molar-refractivity contribution >= 4 is 5.91 Å². The van der Waals surface area contributed by atoms with Crippen molar-refractivity contribution in [3.63, 3.8) is 0 Å². The first kappa shape index (κ1) is 15.6. The van der Waals surface area contributed by atoms with Crippen molar-refractivity contribution in [1.82, 2.24) is 25.1 Å². The third-order valence-electron chi connectivity index (χ3n) is 4.20. The molecule has 1 saturated heterocycles. The zero-order valence-corrected chi connectivity index (χ0v) is 13.5. The molecule has 3 rings (SSSR count). The number of aryl methyl sites for hydroxylation is 2. The molecule has 3 heterocycles. The molecule has 0 saturated carbocycles. The first-order valence-corrected chi connectivity index (χ1v) is 7.81. The average molecular weight is 315 g/mol. The van der Waals surface area contributed by atoms with Gasteiger partial charge in [0.05, 0.1) is 30.7 Å². The molecule has 7 heteroatoms. The molecule has 23 heavy (non-hydrogen) atoms. The minimum atomic E-state index is -0.196. The SMILES string of the molecule is Cc1n[nH]c(C)c1CCC(=O)N1CCOC(c2cnccn2)C1. The summed E-state index contributed by atoms with van der Waals surface area (Å²) in [5, 5.41) is 7.13. The highest BCUT2D eigenvalue weighted by atomic mass is 16.5. The Morgan fingerprint density at radius 2 is 2.30 bits per heavy atom. The highest BCUT2D eigenvalue weighted by Crippen LogP contribution is 2.21. The lowest BCUT2D eigenvalue weighted by Gasteiger charge is -2.32. The predicted molar refractivity (Wildman–Crippen MR) is 83.7 cm³/mol. The molecular weight excluding hydrogens is 294 g/mol. The summed E-state index contributed by atoms with van der Waals surface area (Å²) in [5.74, 6) is 0.141. The number of morpholine rings is 1. The van der Waals surface area contributed by atoms with Gasteiger partial charge in [0, 0.05) is 31.1 Å². The molecule has 7 nitrogen and oxygen atoms in total. The number of amides is 1. The average Bonchev–Trinajstić information content (AvgIpc) is 2.92. The van der Waals surface area contributed by atoms with Crippen molar-refractivity contribution in [3.8, 4) is 0 Å². The molecule has 1 aliphatic heterocycles. The van der Waals surface area contributed by atoms with Crippen LogP contribution in [0.1, 0.15) is 35.2 Å². The summed E-state index contributed by atoms with van der Waals surface area (Å²) >= 11 is 0. The van der Waals surface area contributed by atoms with E-state index in [0.717, 1.165) is 22.6 Å². The van der Waals surface area contributed by atoms with Gasteiger partial charge in [0.2, 0.25) is 5.91 Å². The second kappa shape index (κ2) is 6.87. The smallest absolute Gasteiger partial charge is 0.223 e. The van der Waals surface area contributed by atoms with Gasteiger partial charge in [-0.25, -0.2) is 0 Å². The molecule has 1 aliphatic rings. The highest BCUT2D eigenvalue weighted by Gasteiger charge is 2.26. The molecule has 2 aromatic heterocycles. The molecular formula is C16H21N5O2. The highest BCUT2D eigenvalue weighted by molar-refractivity contribution is 5.76. The zero-order valence-electron chi connectivity index (χ0n) is 13.5. The number of hydrogen-bond donors (Lipinski definition) is 1. The second-order valence-electron chi connectivity index (χ2n) is 5.74. The quantitative estimate of drug-likeness (QED) is 0.920. The second-order valence-corrected chi connectivity index (χ2v) is 5.74. The Hall–Kier alpha value is -2.28. The first-order chi connectivity index (χ1) is 11.1. The van der Waals surface area contributed by atoms with Crippen molar-refractivity contribution in [2.45, 2.75) is 32.8 Å². The Bertz CT molecular complexity index is 651. The van der Waals surface area contributed by atoms with E-state index in [1.54, 1.807) is 18.6 Å². The predicted octanol–water partition coefficient (Wildman–Crippen LogP) is 1.35. The van der Waals surface area contributed by atoms with Gasteiger partial charge in [-0.05, 0) is 25.8 Å². The Kier molecular flexibility index (Phi) is 4.66. The molecule has 1 atom stereocenters. The molecule has 0 aliphatic carbocycles. The number of aromatic nitrogens is 4. The monoisotopic (exact) mass is 315 g/mol. The number of hydrogen-bond acceptors (Lipinski definition) is 5. The van der Waals surface area contributed by atoms with Gasteiger partial charge < -0.3 is 9.64 Å². The summed E-state index contributed by atoms with van der Waals surface area (Å²) in [6.45, 7) is 5.62. The number of nitrogens with zero attached hydrogens (tertiary/aromatic N) is 4. The van der Waals surface area contributed by atoms with Crippen LogP contribution in [0.2, 0.25) is 0 Å². The van der Waals surface area contributed by atoms with Crippen molar-refractivity contribution in [3.05, 3.63) is 41.2 Å². The Morgan fingerprint density at radius 1 is 1.43 bits per heavy atom. The third-order valence-corrected chi connectivity index (χ3v) is 4.20. The first-order valence-electron chi connectivity index (χ1n) is 7.81. The molecule has 1 fully saturated rings. The van der Waals surface area contributed by atoms with E-state index < -0.39 is 0 Å². The van der Waals surface area contributed by atoms with E-state index in [1.165, 1.54) is 0 Å². The van der Waals surface area contributed by atoms with Gasteiger partial charge in [0.1, 0.15) is 6.10 Å². The van der Waals surface area contributed by atoms with Crippen molar-refractivity contribution in [2.24, 2.45) is 0 Å². The Balaban J connectivity index is 1.59. The van der Waals surface area contributed by atoms with E-state index in [0.29, 0.717) is 32.5 Å². The number of H-pyrrole nitrogens is 1. The fourth-order valence-corrected chi connectivity index (χ4v) is 2.86. The molecule has 1 amide bonds. The molecule has 122 valence electrons. The number of aromatic amines is 1. The Morgan fingerprint density at radius 3 is 3.00 bits per heavy atom. The Labute approximate surface area is 135 Å². The van der Waals surface area contributed by atoms with Crippen LogP contribution in [0, 0.1) is 13.8 Å². The lowest BCUT2D eigenvalue weighted by molar-refractivity contribution is -0.139. The number of carbonyl (C=O) groups excluding carboxylic acids is 1. The molecule has 1 N–H and O–H groups in total. The summed E-state index contributed by atoms with van der Waals surface area (Å²) in [4.78, 5) is 22.7. The maximum Gasteiger partial charge on any atom is 0.223 e. The molecule has 0 bridgehead atoms. The van der Waals surface area contributed by atoms with Crippen LogP contribution < -0.4 is 0 Å². The van der Waals surface area contributed by atoms with Crippen LogP contribution >= 0.6 is 0 Å². The molecule has 2 aromatic rings. The number of nitrogens with one attached hydrogen (secondary N) is 1. The molecule has 0 radical (unpaired) electrons. The fourth-order valence-electron chi connectivity index (χ4n) is 2.86. The van der Waals surface area contributed by atoms with Gasteiger partial charge >= 0.3 is 0 Å². The summed E-state index contributed by atoms with van der Waals surface area (Å²) in [6.07, 6.45) is 5.96. The standard InChI is InChI=1S/C16H21N5O2/c1-11-13(12(2)20-19-11)3-4-16(22)21-7-8-23-15(10-21)14-9-17-5-6-18-14/h5-6,9,15H,3-4,7-8,10H2,1-2H3,(H,19,20). The van der Waals surface area contributed by atoms with Crippen molar-refractivity contribution < 1.29 is 9.53 Å². The summed E-state index contributed by atoms with van der Waals surface area (Å²) in [7, 11) is 0. The van der Waals surface area contributed by atoms with Crippen LogP contribution in [0.15, 0.2) is 18.6 Å². The fraction of sp³-hybridized carbons (Fsp3) is 0.500. The summed E-state index contributed by atoms with van der Waals surface area (Å²) < 4.78 is 5.72. The lowest BCUT2D eigenvalue weighted by Crippen LogP contribution is -2.42. The maximum atomic E-state index is 12.5.